The molecule has 3 N–H and O–H groups in total. The number of hydrogen-bond acceptors (Lipinski definition) is 2. The second-order valence-corrected chi connectivity index (χ2v) is 4.14. The molecule has 2 rings (SSSR count). The van der Waals surface area contributed by atoms with Crippen molar-refractivity contribution in [1.82, 2.24) is 0 Å². The Labute approximate surface area is 100 Å². The molecule has 2 aromatic carbocycles. The molecule has 0 aliphatic carbocycles. The van der Waals surface area contributed by atoms with Crippen LogP contribution in [0.1, 0.15) is 5.56 Å². The van der Waals surface area contributed by atoms with Gasteiger partial charge in [0.05, 0.1) is 10.7 Å². The van der Waals surface area contributed by atoms with Crippen molar-refractivity contribution < 1.29 is 0 Å². The Kier molecular flexibility index (Phi) is 3.02. The Balaban J connectivity index is 2.23. The van der Waals surface area contributed by atoms with E-state index in [9.17, 15) is 0 Å². The summed E-state index contributed by atoms with van der Waals surface area (Å²) >= 11 is 6.07. The zero-order valence-corrected chi connectivity index (χ0v) is 9.75. The minimum Gasteiger partial charge on any atom is -0.399 e. The number of halogens is 1. The van der Waals surface area contributed by atoms with E-state index in [2.05, 4.69) is 12.2 Å². The van der Waals surface area contributed by atoms with Gasteiger partial charge in [0.25, 0.3) is 0 Å². The molecular weight excluding hydrogens is 220 g/mol. The first-order chi connectivity index (χ1) is 7.65. The van der Waals surface area contributed by atoms with E-state index >= 15 is 0 Å². The summed E-state index contributed by atoms with van der Waals surface area (Å²) in [6, 6.07) is 13.6. The van der Waals surface area contributed by atoms with Crippen LogP contribution in [0.3, 0.4) is 0 Å². The number of rotatable bonds is 2. The monoisotopic (exact) mass is 232 g/mol. The van der Waals surface area contributed by atoms with Gasteiger partial charge in [0, 0.05) is 11.4 Å². The molecule has 0 heterocycles. The first kappa shape index (κ1) is 10.8. The van der Waals surface area contributed by atoms with E-state index in [1.165, 1.54) is 5.56 Å². The lowest BCUT2D eigenvalue weighted by Gasteiger charge is -2.09. The highest BCUT2D eigenvalue weighted by molar-refractivity contribution is 6.33. The van der Waals surface area contributed by atoms with Gasteiger partial charge in [0.2, 0.25) is 0 Å². The van der Waals surface area contributed by atoms with Crippen LogP contribution in [-0.2, 0) is 0 Å². The van der Waals surface area contributed by atoms with Crippen molar-refractivity contribution in [1.29, 1.82) is 0 Å². The van der Waals surface area contributed by atoms with Gasteiger partial charge in [0.1, 0.15) is 0 Å². The average Bonchev–Trinajstić information content (AvgIpc) is 2.25. The smallest absolute Gasteiger partial charge is 0.0661 e. The summed E-state index contributed by atoms with van der Waals surface area (Å²) in [6.45, 7) is 2.06. The predicted molar refractivity (Wildman–Crippen MR) is 70.3 cm³/mol. The Morgan fingerprint density at radius 3 is 2.38 bits per heavy atom. The fourth-order valence-electron chi connectivity index (χ4n) is 1.43. The second kappa shape index (κ2) is 4.45. The van der Waals surface area contributed by atoms with Crippen molar-refractivity contribution in [3.63, 3.8) is 0 Å². The zero-order valence-electron chi connectivity index (χ0n) is 9.00. The van der Waals surface area contributed by atoms with Crippen molar-refractivity contribution in [3.8, 4) is 0 Å². The zero-order chi connectivity index (χ0) is 11.5. The van der Waals surface area contributed by atoms with Crippen molar-refractivity contribution in [2.75, 3.05) is 11.1 Å². The predicted octanol–water partition coefficient (Wildman–Crippen LogP) is 3.97. The fourth-order valence-corrected chi connectivity index (χ4v) is 1.66. The Bertz CT molecular complexity index is 492. The van der Waals surface area contributed by atoms with Crippen LogP contribution >= 0.6 is 11.6 Å². The summed E-state index contributed by atoms with van der Waals surface area (Å²) in [5, 5.41) is 3.86. The average molecular weight is 233 g/mol. The van der Waals surface area contributed by atoms with Crippen LogP contribution in [-0.4, -0.2) is 0 Å². The van der Waals surface area contributed by atoms with Crippen molar-refractivity contribution in [2.24, 2.45) is 0 Å². The van der Waals surface area contributed by atoms with E-state index in [1.807, 2.05) is 36.4 Å². The molecule has 0 fully saturated rings. The number of nitrogen functional groups attached to an aromatic ring is 1. The Hall–Kier alpha value is -1.67. The van der Waals surface area contributed by atoms with Crippen molar-refractivity contribution >= 4 is 28.7 Å². The molecule has 0 amide bonds. The third kappa shape index (κ3) is 2.47. The van der Waals surface area contributed by atoms with Crippen LogP contribution < -0.4 is 11.1 Å². The highest BCUT2D eigenvalue weighted by Crippen LogP contribution is 2.27. The number of nitrogens with two attached hydrogens (primary N) is 1. The molecule has 0 radical (unpaired) electrons. The molecule has 0 spiro atoms. The molecular formula is C13H13ClN2. The van der Waals surface area contributed by atoms with Crippen LogP contribution in [0.5, 0.6) is 0 Å². The van der Waals surface area contributed by atoms with Gasteiger partial charge >= 0.3 is 0 Å². The minimum atomic E-state index is 0.626. The third-order valence-corrected chi connectivity index (χ3v) is 2.64. The SMILES string of the molecule is Cc1ccc(Nc2ccc(N)cc2Cl)cc1. The maximum absolute atomic E-state index is 6.07. The normalized spacial score (nSPS) is 10.1. The summed E-state index contributed by atoms with van der Waals surface area (Å²) in [5.41, 5.74) is 9.40. The molecule has 0 bridgehead atoms. The molecule has 0 atom stereocenters. The molecule has 0 unspecified atom stereocenters. The highest BCUT2D eigenvalue weighted by atomic mass is 35.5. The van der Waals surface area contributed by atoms with E-state index in [-0.39, 0.29) is 0 Å². The molecule has 2 nitrogen and oxygen atoms in total. The van der Waals surface area contributed by atoms with Crippen LogP contribution in [0.2, 0.25) is 5.02 Å². The van der Waals surface area contributed by atoms with Crippen LogP contribution in [0.4, 0.5) is 17.1 Å². The minimum absolute atomic E-state index is 0.626. The van der Waals surface area contributed by atoms with Gasteiger partial charge in [0.15, 0.2) is 0 Å². The number of benzene rings is 2. The van der Waals surface area contributed by atoms with E-state index < -0.39 is 0 Å². The maximum atomic E-state index is 6.07. The Morgan fingerprint density at radius 1 is 1.06 bits per heavy atom. The number of hydrogen-bond donors (Lipinski definition) is 2. The lowest BCUT2D eigenvalue weighted by Crippen LogP contribution is -1.92. The van der Waals surface area contributed by atoms with Crippen LogP contribution in [0.25, 0.3) is 0 Å². The number of nitrogens with one attached hydrogen (secondary N) is 1. The molecule has 82 valence electrons. The summed E-state index contributed by atoms with van der Waals surface area (Å²) in [6.07, 6.45) is 0. The van der Waals surface area contributed by atoms with E-state index in [4.69, 9.17) is 17.3 Å². The standard InChI is InChI=1S/C13H13ClN2/c1-9-2-5-11(6-3-9)16-13-7-4-10(15)8-12(13)14/h2-8,16H,15H2,1H3. The number of anilines is 3. The van der Waals surface area contributed by atoms with Gasteiger partial charge in [-0.05, 0) is 37.3 Å². The molecule has 0 saturated heterocycles. The summed E-state index contributed by atoms with van der Waals surface area (Å²) in [5.74, 6) is 0. The van der Waals surface area contributed by atoms with Gasteiger partial charge in [-0.3, -0.25) is 0 Å². The Morgan fingerprint density at radius 2 is 1.75 bits per heavy atom. The molecule has 3 heteroatoms. The van der Waals surface area contributed by atoms with E-state index in [0.29, 0.717) is 10.7 Å². The molecule has 0 aliphatic rings. The molecule has 0 aliphatic heterocycles. The van der Waals surface area contributed by atoms with Crippen molar-refractivity contribution in [3.05, 3.63) is 53.1 Å². The molecule has 2 aromatic rings. The first-order valence-corrected chi connectivity index (χ1v) is 5.42. The second-order valence-electron chi connectivity index (χ2n) is 3.73. The topological polar surface area (TPSA) is 38.0 Å². The largest absolute Gasteiger partial charge is 0.399 e. The van der Waals surface area contributed by atoms with Gasteiger partial charge in [-0.1, -0.05) is 29.3 Å². The maximum Gasteiger partial charge on any atom is 0.0661 e. The van der Waals surface area contributed by atoms with Gasteiger partial charge in [-0.2, -0.15) is 0 Å². The first-order valence-electron chi connectivity index (χ1n) is 5.04. The van der Waals surface area contributed by atoms with Gasteiger partial charge < -0.3 is 11.1 Å². The van der Waals surface area contributed by atoms with Gasteiger partial charge in [-0.15, -0.1) is 0 Å². The van der Waals surface area contributed by atoms with Gasteiger partial charge in [-0.25, -0.2) is 0 Å². The molecule has 16 heavy (non-hydrogen) atoms. The van der Waals surface area contributed by atoms with Crippen molar-refractivity contribution in [2.45, 2.75) is 6.92 Å². The van der Waals surface area contributed by atoms with Crippen LogP contribution in [0.15, 0.2) is 42.5 Å². The highest BCUT2D eigenvalue weighted by Gasteiger charge is 2.00. The number of aryl methyl sites for hydroxylation is 1. The summed E-state index contributed by atoms with van der Waals surface area (Å²) in [4.78, 5) is 0. The lowest BCUT2D eigenvalue weighted by molar-refractivity contribution is 1.45. The molecule has 0 saturated carbocycles. The summed E-state index contributed by atoms with van der Waals surface area (Å²) in [7, 11) is 0. The lowest BCUT2D eigenvalue weighted by atomic mass is 10.2. The van der Waals surface area contributed by atoms with Crippen LogP contribution in [0, 0.1) is 6.92 Å². The quantitative estimate of drug-likeness (QED) is 0.769. The fraction of sp³-hybridized carbons (Fsp3) is 0.0769. The third-order valence-electron chi connectivity index (χ3n) is 2.32. The van der Waals surface area contributed by atoms with E-state index in [0.717, 1.165) is 11.4 Å². The van der Waals surface area contributed by atoms with E-state index in [1.54, 1.807) is 6.07 Å². The summed E-state index contributed by atoms with van der Waals surface area (Å²) < 4.78 is 0. The molecule has 0 aromatic heterocycles.